The highest BCUT2D eigenvalue weighted by Gasteiger charge is 2.23. The standard InChI is InChI=1S/C11H19NO/c1-4-9(2)11(13)12-8-6-5-7-10(12)3/h4,10H,5-8H2,1-3H3/b9-4-. The minimum Gasteiger partial charge on any atom is -0.336 e. The van der Waals surface area contributed by atoms with E-state index in [1.165, 1.54) is 6.42 Å². The summed E-state index contributed by atoms with van der Waals surface area (Å²) in [7, 11) is 0. The van der Waals surface area contributed by atoms with E-state index >= 15 is 0 Å². The van der Waals surface area contributed by atoms with Crippen molar-refractivity contribution in [3.8, 4) is 0 Å². The van der Waals surface area contributed by atoms with Crippen LogP contribution in [0.15, 0.2) is 11.6 Å². The molecule has 2 heteroatoms. The van der Waals surface area contributed by atoms with E-state index in [2.05, 4.69) is 6.92 Å². The average molecular weight is 181 g/mol. The highest BCUT2D eigenvalue weighted by molar-refractivity contribution is 5.93. The van der Waals surface area contributed by atoms with Gasteiger partial charge >= 0.3 is 0 Å². The Kier molecular flexibility index (Phi) is 3.52. The molecule has 1 atom stereocenters. The van der Waals surface area contributed by atoms with Crippen LogP contribution in [0.1, 0.15) is 40.0 Å². The second kappa shape index (κ2) is 4.45. The van der Waals surface area contributed by atoms with Crippen LogP contribution in [0.3, 0.4) is 0 Å². The summed E-state index contributed by atoms with van der Waals surface area (Å²) in [4.78, 5) is 13.8. The maximum absolute atomic E-state index is 11.8. The number of likely N-dealkylation sites (tertiary alicyclic amines) is 1. The zero-order valence-corrected chi connectivity index (χ0v) is 8.84. The lowest BCUT2D eigenvalue weighted by atomic mass is 10.0. The summed E-state index contributed by atoms with van der Waals surface area (Å²) in [5.74, 6) is 0.217. The summed E-state index contributed by atoms with van der Waals surface area (Å²) in [6.07, 6.45) is 5.47. The highest BCUT2D eigenvalue weighted by atomic mass is 16.2. The van der Waals surface area contributed by atoms with Crippen LogP contribution in [-0.2, 0) is 4.79 Å². The molecular formula is C11H19NO. The fourth-order valence-electron chi connectivity index (χ4n) is 1.75. The lowest BCUT2D eigenvalue weighted by Gasteiger charge is -2.33. The molecule has 0 aromatic heterocycles. The first-order valence-corrected chi connectivity index (χ1v) is 5.10. The van der Waals surface area contributed by atoms with Crippen LogP contribution in [0.5, 0.6) is 0 Å². The Morgan fingerprint density at radius 3 is 2.69 bits per heavy atom. The molecule has 1 unspecified atom stereocenters. The smallest absolute Gasteiger partial charge is 0.249 e. The maximum atomic E-state index is 11.8. The van der Waals surface area contributed by atoms with Crippen molar-refractivity contribution in [2.75, 3.05) is 6.54 Å². The van der Waals surface area contributed by atoms with Gasteiger partial charge in [0, 0.05) is 18.2 Å². The summed E-state index contributed by atoms with van der Waals surface area (Å²) in [5, 5.41) is 0. The third kappa shape index (κ3) is 2.33. The topological polar surface area (TPSA) is 20.3 Å². The fraction of sp³-hybridized carbons (Fsp3) is 0.727. The molecule has 1 rings (SSSR count). The normalized spacial score (nSPS) is 24.7. The van der Waals surface area contributed by atoms with Crippen molar-refractivity contribution in [3.05, 3.63) is 11.6 Å². The monoisotopic (exact) mass is 181 g/mol. The molecule has 2 nitrogen and oxygen atoms in total. The Labute approximate surface area is 80.6 Å². The number of hydrogen-bond acceptors (Lipinski definition) is 1. The lowest BCUT2D eigenvalue weighted by molar-refractivity contribution is -0.130. The molecule has 0 aliphatic carbocycles. The van der Waals surface area contributed by atoms with E-state index < -0.39 is 0 Å². The Morgan fingerprint density at radius 2 is 2.15 bits per heavy atom. The summed E-state index contributed by atoms with van der Waals surface area (Å²) >= 11 is 0. The van der Waals surface area contributed by atoms with Crippen LogP contribution in [0.4, 0.5) is 0 Å². The molecule has 1 saturated heterocycles. The predicted octanol–water partition coefficient (Wildman–Crippen LogP) is 2.35. The van der Waals surface area contributed by atoms with Gasteiger partial charge in [0.15, 0.2) is 0 Å². The molecule has 0 spiro atoms. The van der Waals surface area contributed by atoms with Crippen molar-refractivity contribution in [1.82, 2.24) is 4.90 Å². The Bertz CT molecular complexity index is 220. The summed E-state index contributed by atoms with van der Waals surface area (Å²) in [6.45, 7) is 6.89. The zero-order chi connectivity index (χ0) is 9.84. The van der Waals surface area contributed by atoms with Gasteiger partial charge in [-0.1, -0.05) is 6.08 Å². The Balaban J connectivity index is 2.64. The third-order valence-electron chi connectivity index (χ3n) is 2.83. The van der Waals surface area contributed by atoms with Gasteiger partial charge in [-0.05, 0) is 40.0 Å². The van der Waals surface area contributed by atoms with Crippen molar-refractivity contribution in [1.29, 1.82) is 0 Å². The van der Waals surface area contributed by atoms with Gasteiger partial charge < -0.3 is 4.90 Å². The minimum atomic E-state index is 0.217. The number of rotatable bonds is 1. The van der Waals surface area contributed by atoms with E-state index in [1.807, 2.05) is 24.8 Å². The van der Waals surface area contributed by atoms with E-state index in [1.54, 1.807) is 0 Å². The third-order valence-corrected chi connectivity index (χ3v) is 2.83. The summed E-state index contributed by atoms with van der Waals surface area (Å²) < 4.78 is 0. The fourth-order valence-corrected chi connectivity index (χ4v) is 1.75. The molecule has 0 N–H and O–H groups in total. The van der Waals surface area contributed by atoms with Gasteiger partial charge in [0.25, 0.3) is 0 Å². The van der Waals surface area contributed by atoms with Crippen molar-refractivity contribution in [2.45, 2.75) is 46.1 Å². The van der Waals surface area contributed by atoms with E-state index in [4.69, 9.17) is 0 Å². The summed E-state index contributed by atoms with van der Waals surface area (Å²) in [6, 6.07) is 0.427. The molecule has 0 aromatic rings. The van der Waals surface area contributed by atoms with Crippen molar-refractivity contribution in [2.24, 2.45) is 0 Å². The molecule has 74 valence electrons. The van der Waals surface area contributed by atoms with Gasteiger partial charge in [0.2, 0.25) is 5.91 Å². The molecule has 1 fully saturated rings. The minimum absolute atomic E-state index is 0.217. The SMILES string of the molecule is C/C=C(/C)C(=O)N1CCCCC1C. The van der Waals surface area contributed by atoms with Crippen molar-refractivity contribution >= 4 is 5.91 Å². The largest absolute Gasteiger partial charge is 0.336 e. The molecule has 0 saturated carbocycles. The Hall–Kier alpha value is -0.790. The number of nitrogens with zero attached hydrogens (tertiary/aromatic N) is 1. The molecule has 0 aromatic carbocycles. The van der Waals surface area contributed by atoms with Crippen molar-refractivity contribution in [3.63, 3.8) is 0 Å². The number of allylic oxidation sites excluding steroid dienone is 1. The van der Waals surface area contributed by atoms with Gasteiger partial charge in [0.05, 0.1) is 0 Å². The molecule has 1 aliphatic rings. The number of hydrogen-bond donors (Lipinski definition) is 0. The van der Waals surface area contributed by atoms with Crippen LogP contribution < -0.4 is 0 Å². The number of amides is 1. The van der Waals surface area contributed by atoms with Gasteiger partial charge in [0.1, 0.15) is 0 Å². The van der Waals surface area contributed by atoms with Gasteiger partial charge in [-0.15, -0.1) is 0 Å². The lowest BCUT2D eigenvalue weighted by Crippen LogP contribution is -2.42. The van der Waals surface area contributed by atoms with Crippen LogP contribution in [-0.4, -0.2) is 23.4 Å². The molecule has 1 heterocycles. The van der Waals surface area contributed by atoms with E-state index in [0.717, 1.165) is 25.0 Å². The van der Waals surface area contributed by atoms with E-state index in [9.17, 15) is 4.79 Å². The molecule has 0 bridgehead atoms. The first-order chi connectivity index (χ1) is 6.16. The second-order valence-electron chi connectivity index (χ2n) is 3.82. The maximum Gasteiger partial charge on any atom is 0.249 e. The van der Waals surface area contributed by atoms with Crippen LogP contribution in [0.25, 0.3) is 0 Å². The molecule has 1 amide bonds. The van der Waals surface area contributed by atoms with Crippen LogP contribution >= 0.6 is 0 Å². The van der Waals surface area contributed by atoms with Crippen LogP contribution in [0, 0.1) is 0 Å². The Morgan fingerprint density at radius 1 is 1.46 bits per heavy atom. The highest BCUT2D eigenvalue weighted by Crippen LogP contribution is 2.18. The summed E-state index contributed by atoms with van der Waals surface area (Å²) in [5.41, 5.74) is 0.869. The number of piperidine rings is 1. The van der Waals surface area contributed by atoms with E-state index in [0.29, 0.717) is 6.04 Å². The first kappa shape index (κ1) is 10.3. The number of carbonyl (C=O) groups is 1. The van der Waals surface area contributed by atoms with E-state index in [-0.39, 0.29) is 5.91 Å². The number of carbonyl (C=O) groups excluding carboxylic acids is 1. The van der Waals surface area contributed by atoms with Gasteiger partial charge in [-0.3, -0.25) is 4.79 Å². The van der Waals surface area contributed by atoms with Crippen molar-refractivity contribution < 1.29 is 4.79 Å². The van der Waals surface area contributed by atoms with Gasteiger partial charge in [-0.2, -0.15) is 0 Å². The van der Waals surface area contributed by atoms with Crippen LogP contribution in [0.2, 0.25) is 0 Å². The second-order valence-corrected chi connectivity index (χ2v) is 3.82. The van der Waals surface area contributed by atoms with Gasteiger partial charge in [-0.25, -0.2) is 0 Å². The molecule has 1 aliphatic heterocycles. The quantitative estimate of drug-likeness (QED) is 0.569. The first-order valence-electron chi connectivity index (χ1n) is 5.10. The molecule has 13 heavy (non-hydrogen) atoms. The predicted molar refractivity (Wildman–Crippen MR) is 54.5 cm³/mol. The molecular weight excluding hydrogens is 162 g/mol. The zero-order valence-electron chi connectivity index (χ0n) is 8.84. The molecule has 0 radical (unpaired) electrons. The average Bonchev–Trinajstić information content (AvgIpc) is 2.16.